The van der Waals surface area contributed by atoms with Gasteiger partial charge in [0.25, 0.3) is 5.91 Å². The second-order valence-electron chi connectivity index (χ2n) is 5.17. The molecule has 1 aliphatic rings. The molecule has 0 N–H and O–H groups in total. The quantitative estimate of drug-likeness (QED) is 0.871. The Morgan fingerprint density at radius 3 is 3.09 bits per heavy atom. The van der Waals surface area contributed by atoms with Crippen LogP contribution in [0.4, 0.5) is 0 Å². The van der Waals surface area contributed by atoms with Gasteiger partial charge >= 0.3 is 0 Å². The van der Waals surface area contributed by atoms with Crippen LogP contribution in [0, 0.1) is 0 Å². The highest BCUT2D eigenvalue weighted by molar-refractivity contribution is 6.30. The van der Waals surface area contributed by atoms with Crippen LogP contribution in [-0.2, 0) is 11.2 Å². The third-order valence-corrected chi connectivity index (χ3v) is 3.80. The zero-order valence-electron chi connectivity index (χ0n) is 12.0. The molecule has 1 saturated heterocycles. The summed E-state index contributed by atoms with van der Waals surface area (Å²) in [6.07, 6.45) is 5.26. The smallest absolute Gasteiger partial charge is 0.274 e. The zero-order chi connectivity index (χ0) is 15.4. The molecule has 1 aromatic heterocycles. The van der Waals surface area contributed by atoms with Crippen LogP contribution in [0.2, 0.25) is 5.02 Å². The van der Waals surface area contributed by atoms with E-state index < -0.39 is 0 Å². The first kappa shape index (κ1) is 14.9. The van der Waals surface area contributed by atoms with Crippen molar-refractivity contribution in [2.24, 2.45) is 0 Å². The number of hydrogen-bond acceptors (Lipinski definition) is 4. The number of nitrogens with zero attached hydrogens (tertiary/aromatic N) is 3. The summed E-state index contributed by atoms with van der Waals surface area (Å²) < 4.78 is 5.77. The summed E-state index contributed by atoms with van der Waals surface area (Å²) in [5.41, 5.74) is 1.47. The number of halogens is 1. The minimum Gasteiger partial charge on any atom is -0.374 e. The number of benzene rings is 1. The lowest BCUT2D eigenvalue weighted by molar-refractivity contribution is -0.0210. The molecule has 5 nitrogen and oxygen atoms in total. The van der Waals surface area contributed by atoms with Crippen molar-refractivity contribution in [2.45, 2.75) is 12.5 Å². The van der Waals surface area contributed by atoms with Gasteiger partial charge in [0.05, 0.1) is 18.9 Å². The van der Waals surface area contributed by atoms with E-state index in [4.69, 9.17) is 16.3 Å². The van der Waals surface area contributed by atoms with Crippen LogP contribution in [-0.4, -0.2) is 46.6 Å². The molecule has 1 fully saturated rings. The molecule has 0 aliphatic carbocycles. The van der Waals surface area contributed by atoms with Gasteiger partial charge in [-0.15, -0.1) is 0 Å². The number of morpholine rings is 1. The molecule has 1 amide bonds. The van der Waals surface area contributed by atoms with Crippen LogP contribution >= 0.6 is 11.6 Å². The molecule has 22 heavy (non-hydrogen) atoms. The summed E-state index contributed by atoms with van der Waals surface area (Å²) in [5, 5.41) is 0.709. The maximum atomic E-state index is 12.4. The van der Waals surface area contributed by atoms with Crippen molar-refractivity contribution in [2.75, 3.05) is 19.7 Å². The van der Waals surface area contributed by atoms with Crippen molar-refractivity contribution >= 4 is 17.5 Å². The van der Waals surface area contributed by atoms with Crippen molar-refractivity contribution in [3.8, 4) is 0 Å². The van der Waals surface area contributed by atoms with Gasteiger partial charge in [0, 0.05) is 36.9 Å². The van der Waals surface area contributed by atoms with E-state index in [-0.39, 0.29) is 12.0 Å². The Morgan fingerprint density at radius 2 is 2.32 bits per heavy atom. The van der Waals surface area contributed by atoms with E-state index in [9.17, 15) is 4.79 Å². The fourth-order valence-corrected chi connectivity index (χ4v) is 2.74. The van der Waals surface area contributed by atoms with Gasteiger partial charge < -0.3 is 9.64 Å². The lowest BCUT2D eigenvalue weighted by Crippen LogP contribution is -2.46. The summed E-state index contributed by atoms with van der Waals surface area (Å²) >= 11 is 6.00. The second-order valence-corrected chi connectivity index (χ2v) is 5.61. The Bertz CT molecular complexity index is 651. The summed E-state index contributed by atoms with van der Waals surface area (Å²) in [7, 11) is 0. The fraction of sp³-hybridized carbons (Fsp3) is 0.312. The molecule has 114 valence electrons. The molecule has 1 aromatic carbocycles. The summed E-state index contributed by atoms with van der Waals surface area (Å²) in [5.74, 6) is -0.104. The van der Waals surface area contributed by atoms with Crippen molar-refractivity contribution < 1.29 is 9.53 Å². The standard InChI is InChI=1S/C16H16ClN3O2/c17-13-3-1-2-12(8-13)9-14-11-20(6-7-22-14)16(21)15-10-18-4-5-19-15/h1-5,8,10,14H,6-7,9,11H2/t14-/m1/s1. The Hall–Kier alpha value is -1.98. The largest absolute Gasteiger partial charge is 0.374 e. The molecular formula is C16H16ClN3O2. The lowest BCUT2D eigenvalue weighted by atomic mass is 10.1. The van der Waals surface area contributed by atoms with Crippen molar-refractivity contribution in [1.29, 1.82) is 0 Å². The first-order valence-corrected chi connectivity index (χ1v) is 7.51. The van der Waals surface area contributed by atoms with E-state index in [2.05, 4.69) is 9.97 Å². The van der Waals surface area contributed by atoms with Crippen molar-refractivity contribution in [3.05, 3.63) is 59.1 Å². The maximum absolute atomic E-state index is 12.4. The van der Waals surface area contributed by atoms with Crippen molar-refractivity contribution in [1.82, 2.24) is 14.9 Å². The third-order valence-electron chi connectivity index (χ3n) is 3.56. The normalized spacial score (nSPS) is 18.2. The summed E-state index contributed by atoms with van der Waals surface area (Å²) in [4.78, 5) is 22.2. The van der Waals surface area contributed by atoms with E-state index in [1.165, 1.54) is 12.4 Å². The molecule has 0 saturated carbocycles. The average Bonchev–Trinajstić information content (AvgIpc) is 2.55. The molecule has 3 rings (SSSR count). The maximum Gasteiger partial charge on any atom is 0.274 e. The molecule has 6 heteroatoms. The van der Waals surface area contributed by atoms with Crippen molar-refractivity contribution in [3.63, 3.8) is 0 Å². The predicted octanol–water partition coefficient (Wildman–Crippen LogP) is 2.21. The number of ether oxygens (including phenoxy) is 1. The molecule has 0 bridgehead atoms. The zero-order valence-corrected chi connectivity index (χ0v) is 12.7. The average molecular weight is 318 g/mol. The van der Waals surface area contributed by atoms with Crippen LogP contribution in [0.1, 0.15) is 16.1 Å². The molecule has 0 spiro atoms. The Kier molecular flexibility index (Phi) is 4.65. The number of aromatic nitrogens is 2. The monoisotopic (exact) mass is 317 g/mol. The highest BCUT2D eigenvalue weighted by Gasteiger charge is 2.26. The van der Waals surface area contributed by atoms with Gasteiger partial charge in [-0.2, -0.15) is 0 Å². The van der Waals surface area contributed by atoms with E-state index >= 15 is 0 Å². The molecule has 2 heterocycles. The number of hydrogen-bond donors (Lipinski definition) is 0. The van der Waals surface area contributed by atoms with Gasteiger partial charge in [-0.05, 0) is 17.7 Å². The minimum absolute atomic E-state index is 0.0344. The summed E-state index contributed by atoms with van der Waals surface area (Å²) in [6.45, 7) is 1.64. The first-order chi connectivity index (χ1) is 10.7. The number of amides is 1. The van der Waals surface area contributed by atoms with E-state index in [0.29, 0.717) is 30.4 Å². The number of rotatable bonds is 3. The molecule has 1 atom stereocenters. The first-order valence-electron chi connectivity index (χ1n) is 7.14. The van der Waals surface area contributed by atoms with Crippen LogP contribution in [0.5, 0.6) is 0 Å². The Balaban J connectivity index is 1.65. The number of carbonyl (C=O) groups is 1. The topological polar surface area (TPSA) is 55.3 Å². The van der Waals surface area contributed by atoms with Gasteiger partial charge in [-0.3, -0.25) is 9.78 Å². The Labute approximate surface area is 133 Å². The SMILES string of the molecule is O=C(c1cnccn1)N1CCO[C@H](Cc2cccc(Cl)c2)C1. The number of carbonyl (C=O) groups excluding carboxylic acids is 1. The van der Waals surface area contributed by atoms with Gasteiger partial charge in [0.1, 0.15) is 5.69 Å². The Morgan fingerprint density at radius 1 is 1.41 bits per heavy atom. The van der Waals surface area contributed by atoms with E-state index in [0.717, 1.165) is 12.0 Å². The summed E-state index contributed by atoms with van der Waals surface area (Å²) in [6, 6.07) is 7.70. The van der Waals surface area contributed by atoms with Crippen LogP contribution in [0.3, 0.4) is 0 Å². The molecule has 2 aromatic rings. The van der Waals surface area contributed by atoms with Crippen LogP contribution in [0.15, 0.2) is 42.9 Å². The molecule has 1 aliphatic heterocycles. The van der Waals surface area contributed by atoms with Gasteiger partial charge in [-0.1, -0.05) is 23.7 Å². The third kappa shape index (κ3) is 3.61. The van der Waals surface area contributed by atoms with E-state index in [1.807, 2.05) is 24.3 Å². The van der Waals surface area contributed by atoms with Gasteiger partial charge in [0.15, 0.2) is 0 Å². The van der Waals surface area contributed by atoms with Gasteiger partial charge in [0.2, 0.25) is 0 Å². The predicted molar refractivity (Wildman–Crippen MR) is 82.8 cm³/mol. The van der Waals surface area contributed by atoms with E-state index in [1.54, 1.807) is 11.1 Å². The fourth-order valence-electron chi connectivity index (χ4n) is 2.53. The second kappa shape index (κ2) is 6.85. The lowest BCUT2D eigenvalue weighted by Gasteiger charge is -2.32. The van der Waals surface area contributed by atoms with Crippen LogP contribution in [0.25, 0.3) is 0 Å². The van der Waals surface area contributed by atoms with Gasteiger partial charge in [-0.25, -0.2) is 4.98 Å². The molecular weight excluding hydrogens is 302 g/mol. The van der Waals surface area contributed by atoms with Crippen LogP contribution < -0.4 is 0 Å². The molecule has 0 radical (unpaired) electrons. The minimum atomic E-state index is -0.104. The highest BCUT2D eigenvalue weighted by atomic mass is 35.5. The highest BCUT2D eigenvalue weighted by Crippen LogP contribution is 2.16. The molecule has 0 unspecified atom stereocenters.